The maximum atomic E-state index is 13.3. The SMILES string of the molecule is CNCC=Cc1c(F)ccc(N)c1F. The molecule has 0 atom stereocenters. The molecule has 0 spiro atoms. The molecular formula is C10H12F2N2. The number of nitrogens with two attached hydrogens (primary N) is 1. The monoisotopic (exact) mass is 198 g/mol. The van der Waals surface area contributed by atoms with Crippen molar-refractivity contribution in [2.45, 2.75) is 0 Å². The molecule has 14 heavy (non-hydrogen) atoms. The van der Waals surface area contributed by atoms with Crippen molar-refractivity contribution in [3.8, 4) is 0 Å². The zero-order valence-electron chi connectivity index (χ0n) is 7.85. The van der Waals surface area contributed by atoms with Crippen LogP contribution < -0.4 is 11.1 Å². The van der Waals surface area contributed by atoms with Crippen molar-refractivity contribution in [2.75, 3.05) is 19.3 Å². The van der Waals surface area contributed by atoms with Crippen LogP contribution in [0.25, 0.3) is 6.08 Å². The van der Waals surface area contributed by atoms with Gasteiger partial charge in [-0.15, -0.1) is 0 Å². The minimum absolute atomic E-state index is 0.0458. The Bertz CT molecular complexity index is 348. The summed E-state index contributed by atoms with van der Waals surface area (Å²) in [6.07, 6.45) is 3.00. The average Bonchev–Trinajstić information content (AvgIpc) is 2.18. The fraction of sp³-hybridized carbons (Fsp3) is 0.200. The predicted octanol–water partition coefficient (Wildman–Crippen LogP) is 1.78. The van der Waals surface area contributed by atoms with Crippen LogP contribution in [0, 0.1) is 11.6 Å². The number of likely N-dealkylation sites (N-methyl/N-ethyl adjacent to an activating group) is 1. The van der Waals surface area contributed by atoms with Gasteiger partial charge in [0.15, 0.2) is 5.82 Å². The van der Waals surface area contributed by atoms with Gasteiger partial charge < -0.3 is 11.1 Å². The van der Waals surface area contributed by atoms with E-state index in [-0.39, 0.29) is 11.3 Å². The van der Waals surface area contributed by atoms with Crippen molar-refractivity contribution in [3.63, 3.8) is 0 Å². The Hall–Kier alpha value is -1.42. The predicted molar refractivity (Wildman–Crippen MR) is 53.7 cm³/mol. The fourth-order valence-electron chi connectivity index (χ4n) is 1.03. The summed E-state index contributed by atoms with van der Waals surface area (Å²) in [6.45, 7) is 0.549. The second kappa shape index (κ2) is 4.72. The lowest BCUT2D eigenvalue weighted by Crippen LogP contribution is -2.04. The van der Waals surface area contributed by atoms with Crippen LogP contribution in [0.1, 0.15) is 5.56 Å². The average molecular weight is 198 g/mol. The zero-order chi connectivity index (χ0) is 10.6. The minimum Gasteiger partial charge on any atom is -0.396 e. The molecule has 0 aromatic heterocycles. The molecule has 0 amide bonds. The number of halogens is 2. The normalized spacial score (nSPS) is 11.1. The summed E-state index contributed by atoms with van der Waals surface area (Å²) in [5.74, 6) is -1.32. The van der Waals surface area contributed by atoms with Gasteiger partial charge in [-0.05, 0) is 19.2 Å². The molecule has 0 aliphatic heterocycles. The first-order valence-electron chi connectivity index (χ1n) is 4.21. The molecule has 0 unspecified atom stereocenters. The van der Waals surface area contributed by atoms with Crippen LogP contribution in [0.15, 0.2) is 18.2 Å². The van der Waals surface area contributed by atoms with Crippen LogP contribution in [0.5, 0.6) is 0 Å². The maximum absolute atomic E-state index is 13.3. The van der Waals surface area contributed by atoms with Gasteiger partial charge in [-0.1, -0.05) is 12.2 Å². The first-order chi connectivity index (χ1) is 6.66. The van der Waals surface area contributed by atoms with Gasteiger partial charge in [0.2, 0.25) is 0 Å². The van der Waals surface area contributed by atoms with Gasteiger partial charge in [0.25, 0.3) is 0 Å². The standard InChI is InChI=1S/C10H12F2N2/c1-14-6-2-3-7-8(11)4-5-9(13)10(7)12/h2-5,14H,6,13H2,1H3. The van der Waals surface area contributed by atoms with E-state index in [1.54, 1.807) is 13.1 Å². The highest BCUT2D eigenvalue weighted by Gasteiger charge is 2.08. The van der Waals surface area contributed by atoms with Gasteiger partial charge in [-0.2, -0.15) is 0 Å². The number of rotatable bonds is 3. The lowest BCUT2D eigenvalue weighted by atomic mass is 10.1. The van der Waals surface area contributed by atoms with Crippen molar-refractivity contribution in [1.29, 1.82) is 0 Å². The third-order valence-electron chi connectivity index (χ3n) is 1.76. The summed E-state index contributed by atoms with van der Waals surface area (Å²) in [7, 11) is 1.75. The number of nitrogens with one attached hydrogen (secondary N) is 1. The maximum Gasteiger partial charge on any atom is 0.156 e. The second-order valence-electron chi connectivity index (χ2n) is 2.82. The first-order valence-corrected chi connectivity index (χ1v) is 4.21. The van der Waals surface area contributed by atoms with E-state index < -0.39 is 11.6 Å². The molecule has 0 bridgehead atoms. The van der Waals surface area contributed by atoms with Gasteiger partial charge in [-0.25, -0.2) is 8.78 Å². The highest BCUT2D eigenvalue weighted by atomic mass is 19.1. The molecular weight excluding hydrogens is 186 g/mol. The third-order valence-corrected chi connectivity index (χ3v) is 1.76. The number of nitrogen functional groups attached to an aromatic ring is 1. The van der Waals surface area contributed by atoms with Crippen molar-refractivity contribution in [3.05, 3.63) is 35.4 Å². The summed E-state index contributed by atoms with van der Waals surface area (Å²) in [6, 6.07) is 2.36. The number of anilines is 1. The van der Waals surface area contributed by atoms with Crippen molar-refractivity contribution < 1.29 is 8.78 Å². The molecule has 0 aliphatic carbocycles. The van der Waals surface area contributed by atoms with Gasteiger partial charge in [-0.3, -0.25) is 0 Å². The van der Waals surface area contributed by atoms with Gasteiger partial charge >= 0.3 is 0 Å². The van der Waals surface area contributed by atoms with Gasteiger partial charge in [0.05, 0.1) is 5.69 Å². The molecule has 0 aliphatic rings. The van der Waals surface area contributed by atoms with Crippen LogP contribution in [-0.4, -0.2) is 13.6 Å². The molecule has 1 aromatic rings. The van der Waals surface area contributed by atoms with E-state index in [1.165, 1.54) is 12.1 Å². The molecule has 0 radical (unpaired) electrons. The molecule has 0 saturated heterocycles. The van der Waals surface area contributed by atoms with E-state index in [2.05, 4.69) is 5.32 Å². The lowest BCUT2D eigenvalue weighted by Gasteiger charge is -2.02. The zero-order valence-corrected chi connectivity index (χ0v) is 7.85. The van der Waals surface area contributed by atoms with Crippen LogP contribution in [-0.2, 0) is 0 Å². The summed E-state index contributed by atoms with van der Waals surface area (Å²) >= 11 is 0. The molecule has 1 aromatic carbocycles. The van der Waals surface area contributed by atoms with E-state index in [0.29, 0.717) is 6.54 Å². The van der Waals surface area contributed by atoms with Gasteiger partial charge in [0.1, 0.15) is 5.82 Å². The van der Waals surface area contributed by atoms with Crippen LogP contribution >= 0.6 is 0 Å². The molecule has 0 saturated carbocycles. The van der Waals surface area contributed by atoms with E-state index in [9.17, 15) is 8.78 Å². The molecule has 3 N–H and O–H groups in total. The number of benzene rings is 1. The topological polar surface area (TPSA) is 38.0 Å². The van der Waals surface area contributed by atoms with E-state index in [4.69, 9.17) is 5.73 Å². The Balaban J connectivity index is 3.00. The smallest absolute Gasteiger partial charge is 0.156 e. The summed E-state index contributed by atoms with van der Waals surface area (Å²) in [5, 5.41) is 2.83. The van der Waals surface area contributed by atoms with Crippen molar-refractivity contribution in [1.82, 2.24) is 5.32 Å². The lowest BCUT2D eigenvalue weighted by molar-refractivity contribution is 0.581. The summed E-state index contributed by atoms with van der Waals surface area (Å²) in [5.41, 5.74) is 5.16. The first kappa shape index (κ1) is 10.7. The number of hydrogen-bond acceptors (Lipinski definition) is 2. The highest BCUT2D eigenvalue weighted by Crippen LogP contribution is 2.19. The van der Waals surface area contributed by atoms with Crippen molar-refractivity contribution in [2.24, 2.45) is 0 Å². The largest absolute Gasteiger partial charge is 0.396 e. The number of hydrogen-bond donors (Lipinski definition) is 2. The van der Waals surface area contributed by atoms with E-state index >= 15 is 0 Å². The van der Waals surface area contributed by atoms with Crippen LogP contribution in [0.2, 0.25) is 0 Å². The third kappa shape index (κ3) is 2.29. The molecule has 2 nitrogen and oxygen atoms in total. The summed E-state index contributed by atoms with van der Waals surface area (Å²) in [4.78, 5) is 0. The van der Waals surface area contributed by atoms with Crippen molar-refractivity contribution >= 4 is 11.8 Å². The molecule has 0 fully saturated rings. The molecule has 1 rings (SSSR count). The Morgan fingerprint density at radius 2 is 2.14 bits per heavy atom. The molecule has 76 valence electrons. The minimum atomic E-state index is -0.711. The quantitative estimate of drug-likeness (QED) is 0.726. The summed E-state index contributed by atoms with van der Waals surface area (Å²) < 4.78 is 26.3. The Labute approximate surface area is 81.4 Å². The fourth-order valence-corrected chi connectivity index (χ4v) is 1.03. The van der Waals surface area contributed by atoms with Gasteiger partial charge in [0, 0.05) is 12.1 Å². The Kier molecular flexibility index (Phi) is 3.59. The van der Waals surface area contributed by atoms with Crippen LogP contribution in [0.3, 0.4) is 0 Å². The van der Waals surface area contributed by atoms with E-state index in [1.807, 2.05) is 0 Å². The highest BCUT2D eigenvalue weighted by molar-refractivity contribution is 5.57. The second-order valence-corrected chi connectivity index (χ2v) is 2.82. The van der Waals surface area contributed by atoms with E-state index in [0.717, 1.165) is 6.07 Å². The Morgan fingerprint density at radius 1 is 1.43 bits per heavy atom. The molecule has 4 heteroatoms. The van der Waals surface area contributed by atoms with Crippen LogP contribution in [0.4, 0.5) is 14.5 Å². The molecule has 0 heterocycles. The Morgan fingerprint density at radius 3 is 2.79 bits per heavy atom.